The lowest BCUT2D eigenvalue weighted by atomic mass is 9.87. The molecule has 0 aliphatic heterocycles. The lowest BCUT2D eigenvalue weighted by Gasteiger charge is -2.26. The number of aliphatic hydroxyl groups is 1. The Labute approximate surface area is 128 Å². The minimum absolute atomic E-state index is 0.0312. The van der Waals surface area contributed by atoms with Gasteiger partial charge in [-0.2, -0.15) is 0 Å². The molecule has 118 valence electrons. The largest absolute Gasteiger partial charge is 0.393 e. The number of aryl methyl sites for hydroxylation is 2. The van der Waals surface area contributed by atoms with Gasteiger partial charge >= 0.3 is 0 Å². The summed E-state index contributed by atoms with van der Waals surface area (Å²) in [6, 6.07) is 6.06. The van der Waals surface area contributed by atoms with Crippen LogP contribution in [0.1, 0.15) is 38.3 Å². The van der Waals surface area contributed by atoms with E-state index in [1.807, 2.05) is 45.9 Å². The maximum Gasteiger partial charge on any atom is 0.239 e. The molecule has 4 heteroatoms. The summed E-state index contributed by atoms with van der Waals surface area (Å²) in [7, 11) is 0. The van der Waals surface area contributed by atoms with Crippen LogP contribution < -0.4 is 10.6 Å². The average molecular weight is 292 g/mol. The Morgan fingerprint density at radius 2 is 1.86 bits per heavy atom. The van der Waals surface area contributed by atoms with Gasteiger partial charge in [-0.05, 0) is 43.7 Å². The number of aliphatic hydroxyl groups excluding tert-OH is 1. The van der Waals surface area contributed by atoms with Gasteiger partial charge in [-0.3, -0.25) is 4.79 Å². The van der Waals surface area contributed by atoms with Gasteiger partial charge in [-0.25, -0.2) is 0 Å². The Balaban J connectivity index is 2.45. The molecule has 1 unspecified atom stereocenters. The van der Waals surface area contributed by atoms with Crippen LogP contribution in [0.2, 0.25) is 0 Å². The van der Waals surface area contributed by atoms with E-state index >= 15 is 0 Å². The molecule has 0 fully saturated rings. The molecule has 21 heavy (non-hydrogen) atoms. The van der Waals surface area contributed by atoms with Crippen molar-refractivity contribution in [1.29, 1.82) is 0 Å². The number of carbonyl (C=O) groups excluding carboxylic acids is 1. The molecular weight excluding hydrogens is 264 g/mol. The first-order valence-electron chi connectivity index (χ1n) is 7.46. The fourth-order valence-electron chi connectivity index (χ4n) is 2.53. The number of hydrogen-bond donors (Lipinski definition) is 3. The number of rotatable bonds is 7. The molecule has 0 bridgehead atoms. The minimum atomic E-state index is -0.357. The van der Waals surface area contributed by atoms with Crippen molar-refractivity contribution in [2.45, 2.75) is 47.1 Å². The second kappa shape index (κ2) is 7.46. The number of anilines is 1. The number of nitrogens with one attached hydrogen (secondary N) is 2. The molecule has 0 saturated heterocycles. The zero-order chi connectivity index (χ0) is 16.0. The molecular formula is C17H28N2O2. The van der Waals surface area contributed by atoms with E-state index in [2.05, 4.69) is 10.6 Å². The predicted molar refractivity (Wildman–Crippen MR) is 87.5 cm³/mol. The molecule has 1 atom stereocenters. The van der Waals surface area contributed by atoms with Crippen molar-refractivity contribution in [3.05, 3.63) is 29.3 Å². The zero-order valence-corrected chi connectivity index (χ0v) is 13.8. The quantitative estimate of drug-likeness (QED) is 0.724. The molecule has 0 aliphatic carbocycles. The Hall–Kier alpha value is -1.55. The normalized spacial score (nSPS) is 12.9. The third-order valence-electron chi connectivity index (χ3n) is 3.52. The molecule has 1 aromatic carbocycles. The third-order valence-corrected chi connectivity index (χ3v) is 3.52. The molecule has 0 aliphatic rings. The van der Waals surface area contributed by atoms with E-state index in [9.17, 15) is 9.90 Å². The van der Waals surface area contributed by atoms with Crippen molar-refractivity contribution in [2.24, 2.45) is 5.41 Å². The van der Waals surface area contributed by atoms with Crippen LogP contribution in [0.25, 0.3) is 0 Å². The van der Waals surface area contributed by atoms with Gasteiger partial charge in [0.05, 0.1) is 12.6 Å². The van der Waals surface area contributed by atoms with Crippen molar-refractivity contribution in [3.8, 4) is 0 Å². The number of benzene rings is 1. The Bertz CT molecular complexity index is 461. The molecule has 0 spiro atoms. The summed E-state index contributed by atoms with van der Waals surface area (Å²) < 4.78 is 0. The maximum atomic E-state index is 11.9. The lowest BCUT2D eigenvalue weighted by molar-refractivity contribution is -0.119. The molecule has 1 aromatic rings. The van der Waals surface area contributed by atoms with Crippen LogP contribution >= 0.6 is 0 Å². The van der Waals surface area contributed by atoms with E-state index in [1.54, 1.807) is 6.92 Å². The molecule has 4 nitrogen and oxygen atoms in total. The molecule has 0 saturated carbocycles. The average Bonchev–Trinajstić information content (AvgIpc) is 2.34. The summed E-state index contributed by atoms with van der Waals surface area (Å²) in [4.78, 5) is 11.9. The highest BCUT2D eigenvalue weighted by atomic mass is 16.3. The smallest absolute Gasteiger partial charge is 0.239 e. The first-order valence-corrected chi connectivity index (χ1v) is 7.46. The summed E-state index contributed by atoms with van der Waals surface area (Å²) in [5.74, 6) is -0.0312. The Kier molecular flexibility index (Phi) is 6.21. The highest BCUT2D eigenvalue weighted by Gasteiger charge is 2.21. The van der Waals surface area contributed by atoms with Crippen molar-refractivity contribution < 1.29 is 9.90 Å². The fraction of sp³-hybridized carbons (Fsp3) is 0.588. The maximum absolute atomic E-state index is 11.9. The Morgan fingerprint density at radius 3 is 2.38 bits per heavy atom. The van der Waals surface area contributed by atoms with E-state index in [0.717, 1.165) is 16.8 Å². The fourth-order valence-corrected chi connectivity index (χ4v) is 2.53. The summed E-state index contributed by atoms with van der Waals surface area (Å²) in [6.45, 7) is 10.7. The summed E-state index contributed by atoms with van der Waals surface area (Å²) >= 11 is 0. The van der Waals surface area contributed by atoms with Gasteiger partial charge in [0.2, 0.25) is 5.91 Å². The topological polar surface area (TPSA) is 61.4 Å². The van der Waals surface area contributed by atoms with Gasteiger partial charge in [0.25, 0.3) is 0 Å². The second-order valence-corrected chi connectivity index (χ2v) is 6.61. The van der Waals surface area contributed by atoms with Crippen molar-refractivity contribution >= 4 is 11.6 Å². The molecule has 3 N–H and O–H groups in total. The monoisotopic (exact) mass is 292 g/mol. The van der Waals surface area contributed by atoms with Crippen LogP contribution in [-0.4, -0.2) is 30.2 Å². The van der Waals surface area contributed by atoms with Gasteiger partial charge in [-0.1, -0.05) is 32.0 Å². The van der Waals surface area contributed by atoms with Crippen molar-refractivity contribution in [1.82, 2.24) is 5.32 Å². The minimum Gasteiger partial charge on any atom is -0.393 e. The van der Waals surface area contributed by atoms with Gasteiger partial charge in [0.15, 0.2) is 0 Å². The van der Waals surface area contributed by atoms with E-state index in [0.29, 0.717) is 13.0 Å². The van der Waals surface area contributed by atoms with E-state index in [-0.39, 0.29) is 24.0 Å². The number of hydrogen-bond acceptors (Lipinski definition) is 3. The van der Waals surface area contributed by atoms with Gasteiger partial charge < -0.3 is 15.7 Å². The van der Waals surface area contributed by atoms with Crippen LogP contribution in [0, 0.1) is 19.3 Å². The third kappa shape index (κ3) is 6.17. The van der Waals surface area contributed by atoms with Crippen LogP contribution in [0.5, 0.6) is 0 Å². The van der Waals surface area contributed by atoms with Gasteiger partial charge in [0, 0.05) is 12.2 Å². The molecule has 1 rings (SSSR count). The Morgan fingerprint density at radius 1 is 1.29 bits per heavy atom. The van der Waals surface area contributed by atoms with Crippen LogP contribution in [0.3, 0.4) is 0 Å². The molecule has 0 radical (unpaired) electrons. The second-order valence-electron chi connectivity index (χ2n) is 6.61. The molecule has 1 amide bonds. The van der Waals surface area contributed by atoms with Crippen LogP contribution in [0.15, 0.2) is 18.2 Å². The van der Waals surface area contributed by atoms with Crippen LogP contribution in [0.4, 0.5) is 5.69 Å². The lowest BCUT2D eigenvalue weighted by Crippen LogP contribution is -2.38. The first kappa shape index (κ1) is 17.5. The number of carbonyl (C=O) groups is 1. The summed E-state index contributed by atoms with van der Waals surface area (Å²) in [5.41, 5.74) is 3.19. The SMILES string of the molecule is Cc1cccc(C)c1NCC(=O)NCC(C)(C)CC(C)O. The highest BCUT2D eigenvalue weighted by Crippen LogP contribution is 2.21. The summed E-state index contributed by atoms with van der Waals surface area (Å²) in [5, 5.41) is 15.6. The van der Waals surface area contributed by atoms with E-state index < -0.39 is 0 Å². The predicted octanol–water partition coefficient (Wildman–Crippen LogP) is 2.63. The molecule has 0 heterocycles. The van der Waals surface area contributed by atoms with Gasteiger partial charge in [-0.15, -0.1) is 0 Å². The zero-order valence-electron chi connectivity index (χ0n) is 13.8. The van der Waals surface area contributed by atoms with E-state index in [1.165, 1.54) is 0 Å². The number of para-hydroxylation sites is 1. The highest BCUT2D eigenvalue weighted by molar-refractivity contribution is 5.81. The van der Waals surface area contributed by atoms with Crippen molar-refractivity contribution in [3.63, 3.8) is 0 Å². The van der Waals surface area contributed by atoms with E-state index in [4.69, 9.17) is 0 Å². The summed E-state index contributed by atoms with van der Waals surface area (Å²) in [6.07, 6.45) is 0.307. The van der Waals surface area contributed by atoms with Crippen LogP contribution in [-0.2, 0) is 4.79 Å². The standard InChI is InChI=1S/C17H28N2O2/c1-12-7-6-8-13(2)16(12)18-10-15(21)19-11-17(4,5)9-14(3)20/h6-8,14,18,20H,9-11H2,1-5H3,(H,19,21). The molecule has 0 aromatic heterocycles. The van der Waals surface area contributed by atoms with Crippen molar-refractivity contribution in [2.75, 3.05) is 18.4 Å². The number of amides is 1. The first-order chi connectivity index (χ1) is 9.71. The van der Waals surface area contributed by atoms with Gasteiger partial charge in [0.1, 0.15) is 0 Å².